The Bertz CT molecular complexity index is 252. The Morgan fingerprint density at radius 2 is 2.00 bits per heavy atom. The van der Waals surface area contributed by atoms with Crippen molar-refractivity contribution in [2.45, 2.75) is 71.2 Å². The normalized spacial score (nSPS) is 33.2. The molecule has 1 saturated carbocycles. The van der Waals surface area contributed by atoms with Crippen LogP contribution in [-0.4, -0.2) is 19.0 Å². The fraction of sp³-hybridized carbons (Fsp3) is 0.867. The molecule has 2 fully saturated rings. The van der Waals surface area contributed by atoms with E-state index in [0.717, 1.165) is 13.0 Å². The minimum atomic E-state index is 0.0578. The summed E-state index contributed by atoms with van der Waals surface area (Å²) in [6, 6.07) is 0. The molecule has 0 aromatic heterocycles. The Kier molecular flexibility index (Phi) is 5.05. The molecule has 2 nitrogen and oxygen atoms in total. The third-order valence-electron chi connectivity index (χ3n) is 3.60. The van der Waals surface area contributed by atoms with Crippen LogP contribution < -0.4 is 0 Å². The molecule has 0 bridgehead atoms. The first kappa shape index (κ1) is 13.1. The minimum Gasteiger partial charge on any atom is -0.353 e. The highest BCUT2D eigenvalue weighted by molar-refractivity contribution is 5.12. The van der Waals surface area contributed by atoms with E-state index in [0.29, 0.717) is 12.0 Å². The van der Waals surface area contributed by atoms with Crippen LogP contribution in [0.5, 0.6) is 0 Å². The summed E-state index contributed by atoms with van der Waals surface area (Å²) < 4.78 is 11.8. The van der Waals surface area contributed by atoms with E-state index in [1.54, 1.807) is 0 Å². The quantitative estimate of drug-likeness (QED) is 0.690. The molecule has 17 heavy (non-hydrogen) atoms. The zero-order chi connectivity index (χ0) is 12.1. The molecule has 1 heterocycles. The second-order valence-corrected chi connectivity index (χ2v) is 5.65. The van der Waals surface area contributed by atoms with Crippen molar-refractivity contribution in [3.05, 3.63) is 11.6 Å². The van der Waals surface area contributed by atoms with E-state index in [1.165, 1.54) is 44.1 Å². The maximum absolute atomic E-state index is 6.16. The smallest absolute Gasteiger partial charge is 0.158 e. The molecule has 0 N–H and O–H groups in total. The van der Waals surface area contributed by atoms with E-state index in [-0.39, 0.29) is 6.29 Å². The predicted molar refractivity (Wildman–Crippen MR) is 69.9 cm³/mol. The van der Waals surface area contributed by atoms with Crippen LogP contribution in [0.2, 0.25) is 0 Å². The fourth-order valence-electron chi connectivity index (χ4n) is 2.78. The molecular weight excluding hydrogens is 212 g/mol. The summed E-state index contributed by atoms with van der Waals surface area (Å²) in [7, 11) is 0. The van der Waals surface area contributed by atoms with Gasteiger partial charge in [0.25, 0.3) is 0 Å². The number of allylic oxidation sites excluding steroid dienone is 1. The van der Waals surface area contributed by atoms with Gasteiger partial charge in [0.1, 0.15) is 0 Å². The largest absolute Gasteiger partial charge is 0.353 e. The molecule has 1 aliphatic heterocycles. The minimum absolute atomic E-state index is 0.0578. The first-order chi connectivity index (χ1) is 8.25. The van der Waals surface area contributed by atoms with E-state index in [2.05, 4.69) is 19.9 Å². The van der Waals surface area contributed by atoms with Crippen LogP contribution in [0.3, 0.4) is 0 Å². The Morgan fingerprint density at radius 3 is 2.71 bits per heavy atom. The van der Waals surface area contributed by atoms with Crippen molar-refractivity contribution in [3.63, 3.8) is 0 Å². The summed E-state index contributed by atoms with van der Waals surface area (Å²) in [4.78, 5) is 0. The van der Waals surface area contributed by atoms with Crippen molar-refractivity contribution < 1.29 is 9.47 Å². The van der Waals surface area contributed by atoms with Gasteiger partial charge >= 0.3 is 0 Å². The van der Waals surface area contributed by atoms with Gasteiger partial charge in [0.05, 0.1) is 6.10 Å². The van der Waals surface area contributed by atoms with Crippen LogP contribution in [0.1, 0.15) is 58.8 Å². The average Bonchev–Trinajstić information content (AvgIpc) is 2.32. The van der Waals surface area contributed by atoms with Crippen LogP contribution in [0.25, 0.3) is 0 Å². The molecule has 0 aromatic rings. The van der Waals surface area contributed by atoms with Crippen molar-refractivity contribution in [1.29, 1.82) is 0 Å². The van der Waals surface area contributed by atoms with E-state index in [9.17, 15) is 0 Å². The first-order valence-electron chi connectivity index (χ1n) is 7.23. The van der Waals surface area contributed by atoms with Crippen molar-refractivity contribution in [1.82, 2.24) is 0 Å². The van der Waals surface area contributed by atoms with Gasteiger partial charge in [-0.05, 0) is 50.0 Å². The SMILES string of the molecule is CC(C)C=C1CCCC[C@@H]1O[C@@H]1CCCCO1. The van der Waals surface area contributed by atoms with Gasteiger partial charge in [0.15, 0.2) is 6.29 Å². The lowest BCUT2D eigenvalue weighted by Crippen LogP contribution is -2.30. The van der Waals surface area contributed by atoms with Crippen LogP contribution in [0, 0.1) is 5.92 Å². The van der Waals surface area contributed by atoms with E-state index < -0.39 is 0 Å². The highest BCUT2D eigenvalue weighted by Gasteiger charge is 2.24. The lowest BCUT2D eigenvalue weighted by molar-refractivity contribution is -0.183. The van der Waals surface area contributed by atoms with Crippen molar-refractivity contribution >= 4 is 0 Å². The highest BCUT2D eigenvalue weighted by Crippen LogP contribution is 2.29. The monoisotopic (exact) mass is 238 g/mol. The maximum atomic E-state index is 6.16. The van der Waals surface area contributed by atoms with Crippen molar-refractivity contribution in [2.75, 3.05) is 6.61 Å². The molecule has 1 aliphatic carbocycles. The van der Waals surface area contributed by atoms with Crippen molar-refractivity contribution in [2.24, 2.45) is 5.92 Å². The standard InChI is InChI=1S/C15H26O2/c1-12(2)11-13-7-3-4-8-14(13)17-15-9-5-6-10-16-15/h11-12,14-15H,3-10H2,1-2H3/t14-,15+/m0/s1. The summed E-state index contributed by atoms with van der Waals surface area (Å²) in [5.41, 5.74) is 1.51. The second kappa shape index (κ2) is 6.55. The molecule has 98 valence electrons. The zero-order valence-corrected chi connectivity index (χ0v) is 11.3. The summed E-state index contributed by atoms with van der Waals surface area (Å²) in [6.45, 7) is 5.37. The predicted octanol–water partition coefficient (Wildman–Crippen LogP) is 4.05. The summed E-state index contributed by atoms with van der Waals surface area (Å²) in [5.74, 6) is 0.626. The zero-order valence-electron chi connectivity index (χ0n) is 11.3. The van der Waals surface area contributed by atoms with Gasteiger partial charge in [-0.25, -0.2) is 0 Å². The van der Waals surface area contributed by atoms with Gasteiger partial charge in [-0.1, -0.05) is 26.3 Å². The van der Waals surface area contributed by atoms with Crippen LogP contribution in [0.15, 0.2) is 11.6 Å². The molecule has 0 radical (unpaired) electrons. The molecule has 0 aromatic carbocycles. The summed E-state index contributed by atoms with van der Waals surface area (Å²) in [6.07, 6.45) is 11.3. The molecule has 2 atom stereocenters. The Balaban J connectivity index is 1.91. The number of hydrogen-bond donors (Lipinski definition) is 0. The van der Waals surface area contributed by atoms with Crippen LogP contribution >= 0.6 is 0 Å². The van der Waals surface area contributed by atoms with Gasteiger partial charge in [-0.2, -0.15) is 0 Å². The fourth-order valence-corrected chi connectivity index (χ4v) is 2.78. The van der Waals surface area contributed by atoms with Crippen LogP contribution in [0.4, 0.5) is 0 Å². The summed E-state index contributed by atoms with van der Waals surface area (Å²) in [5, 5.41) is 0. The van der Waals surface area contributed by atoms with E-state index in [4.69, 9.17) is 9.47 Å². The number of rotatable bonds is 3. The van der Waals surface area contributed by atoms with Gasteiger partial charge < -0.3 is 9.47 Å². The molecule has 2 aliphatic rings. The van der Waals surface area contributed by atoms with Gasteiger partial charge in [0, 0.05) is 6.61 Å². The molecule has 1 saturated heterocycles. The summed E-state index contributed by atoms with van der Waals surface area (Å²) >= 11 is 0. The third-order valence-corrected chi connectivity index (χ3v) is 3.60. The third kappa shape index (κ3) is 4.11. The van der Waals surface area contributed by atoms with Gasteiger partial charge in [0.2, 0.25) is 0 Å². The second-order valence-electron chi connectivity index (χ2n) is 5.65. The van der Waals surface area contributed by atoms with Crippen LogP contribution in [-0.2, 0) is 9.47 Å². The van der Waals surface area contributed by atoms with Crippen molar-refractivity contribution in [3.8, 4) is 0 Å². The van der Waals surface area contributed by atoms with Gasteiger partial charge in [-0.15, -0.1) is 0 Å². The average molecular weight is 238 g/mol. The Labute approximate surface area is 105 Å². The number of hydrogen-bond acceptors (Lipinski definition) is 2. The maximum Gasteiger partial charge on any atom is 0.158 e. The molecule has 2 rings (SSSR count). The Morgan fingerprint density at radius 1 is 1.18 bits per heavy atom. The molecule has 0 spiro atoms. The topological polar surface area (TPSA) is 18.5 Å². The number of ether oxygens (including phenoxy) is 2. The molecular formula is C15H26O2. The lowest BCUT2D eigenvalue weighted by atomic mass is 9.90. The molecule has 0 unspecified atom stereocenters. The first-order valence-corrected chi connectivity index (χ1v) is 7.23. The van der Waals surface area contributed by atoms with Gasteiger partial charge in [-0.3, -0.25) is 0 Å². The van der Waals surface area contributed by atoms with E-state index >= 15 is 0 Å². The molecule has 2 heteroatoms. The van der Waals surface area contributed by atoms with E-state index in [1.807, 2.05) is 0 Å². The molecule has 0 amide bonds. The lowest BCUT2D eigenvalue weighted by Gasteiger charge is -2.32. The Hall–Kier alpha value is -0.340. The highest BCUT2D eigenvalue weighted by atomic mass is 16.7.